The molecule has 0 bridgehead atoms. The monoisotopic (exact) mass is 629 g/mol. The van der Waals surface area contributed by atoms with Gasteiger partial charge in [-0.15, -0.1) is 0 Å². The van der Waals surface area contributed by atoms with Gasteiger partial charge in [-0.2, -0.15) is 0 Å². The number of carbonyl (C=O) groups excluding carboxylic acids is 2. The molecule has 0 spiro atoms. The largest absolute Gasteiger partial charge is 0.268 e. The minimum absolute atomic E-state index is 0.0943. The van der Waals surface area contributed by atoms with Crippen LogP contribution >= 0.6 is 0 Å². The first-order valence-corrected chi connectivity index (χ1v) is 16.8. The topological polar surface area (TPSA) is 71.7 Å². The first-order valence-electron chi connectivity index (χ1n) is 16.8. The number of fused-ring (bicyclic) bond motifs is 6. The molecule has 0 radical (unpaired) electrons. The van der Waals surface area contributed by atoms with Crippen LogP contribution in [0.2, 0.25) is 0 Å². The van der Waals surface area contributed by atoms with Gasteiger partial charge in [0.1, 0.15) is 5.65 Å². The summed E-state index contributed by atoms with van der Waals surface area (Å²) in [6, 6.07) is 32.4. The molecule has 0 fully saturated rings. The number of amides is 2. The molecule has 6 nitrogen and oxygen atoms in total. The van der Waals surface area contributed by atoms with Crippen molar-refractivity contribution in [3.63, 3.8) is 0 Å². The predicted octanol–water partition coefficient (Wildman–Crippen LogP) is 10.4. The van der Waals surface area contributed by atoms with E-state index in [1.165, 1.54) is 4.90 Å². The van der Waals surface area contributed by atoms with Crippen LogP contribution in [0.5, 0.6) is 0 Å². The van der Waals surface area contributed by atoms with E-state index in [1.54, 1.807) is 16.5 Å². The van der Waals surface area contributed by atoms with Crippen molar-refractivity contribution in [2.75, 3.05) is 4.90 Å². The third kappa shape index (κ3) is 3.92. The van der Waals surface area contributed by atoms with E-state index in [0.717, 1.165) is 54.1 Å². The average Bonchev–Trinajstić information content (AvgIpc) is 3.55. The Hall–Kier alpha value is -5.88. The third-order valence-electron chi connectivity index (χ3n) is 9.02. The van der Waals surface area contributed by atoms with Crippen LogP contribution in [0.15, 0.2) is 108 Å². The Morgan fingerprint density at radius 2 is 0.917 bits per heavy atom. The Balaban J connectivity index is 0.000000578. The lowest BCUT2D eigenvalue weighted by Gasteiger charge is -2.28. The van der Waals surface area contributed by atoms with E-state index < -0.39 is 0 Å². The van der Waals surface area contributed by atoms with E-state index in [1.807, 2.05) is 126 Å². The molecule has 6 heteroatoms. The minimum atomic E-state index is -0.331. The molecule has 236 valence electrons. The van der Waals surface area contributed by atoms with Crippen molar-refractivity contribution in [3.05, 3.63) is 125 Å². The van der Waals surface area contributed by atoms with Crippen LogP contribution in [0, 0.1) is 0 Å². The van der Waals surface area contributed by atoms with Gasteiger partial charge in [0.05, 0.1) is 16.7 Å². The molecule has 10 rings (SSSR count). The second-order valence-electron chi connectivity index (χ2n) is 11.0. The van der Waals surface area contributed by atoms with E-state index in [0.29, 0.717) is 33.2 Å². The van der Waals surface area contributed by atoms with Crippen molar-refractivity contribution in [1.29, 1.82) is 0 Å². The summed E-state index contributed by atoms with van der Waals surface area (Å²) in [5.74, 6) is -0.661. The highest BCUT2D eigenvalue weighted by Crippen LogP contribution is 2.46. The molecule has 0 saturated carbocycles. The maximum Gasteiger partial charge on any atom is 0.265 e. The number of hydrogen-bond acceptors (Lipinski definition) is 4. The molecule has 48 heavy (non-hydrogen) atoms. The van der Waals surface area contributed by atoms with Gasteiger partial charge in [-0.05, 0) is 80.8 Å². The summed E-state index contributed by atoms with van der Waals surface area (Å²) in [6.45, 7) is 12.0. The fourth-order valence-electron chi connectivity index (χ4n) is 7.29. The molecule has 0 aliphatic carbocycles. The molecule has 2 amide bonds. The van der Waals surface area contributed by atoms with Gasteiger partial charge in [0.2, 0.25) is 0 Å². The van der Waals surface area contributed by atoms with Crippen molar-refractivity contribution in [3.8, 4) is 0 Å². The lowest BCUT2D eigenvalue weighted by molar-refractivity contribution is 0.0893. The summed E-state index contributed by atoms with van der Waals surface area (Å²) in [5.41, 5.74) is 3.68. The number of imide groups is 1. The highest BCUT2D eigenvalue weighted by atomic mass is 16.2. The first-order chi connectivity index (χ1) is 23.6. The molecule has 0 unspecified atom stereocenters. The highest BCUT2D eigenvalue weighted by Gasteiger charge is 2.35. The van der Waals surface area contributed by atoms with Gasteiger partial charge >= 0.3 is 0 Å². The van der Waals surface area contributed by atoms with Crippen LogP contribution in [0.25, 0.3) is 70.5 Å². The highest BCUT2D eigenvalue weighted by molar-refractivity contribution is 6.43. The van der Waals surface area contributed by atoms with Gasteiger partial charge in [0.15, 0.2) is 0 Å². The molecule has 3 heterocycles. The number of para-hydroxylation sites is 3. The van der Waals surface area contributed by atoms with E-state index >= 15 is 0 Å². The van der Waals surface area contributed by atoms with Crippen molar-refractivity contribution >= 4 is 88.0 Å². The number of hydrogen-bond donors (Lipinski definition) is 0. The van der Waals surface area contributed by atoms with Gasteiger partial charge in [0, 0.05) is 32.7 Å². The number of rotatable bonds is 1. The molecular weight excluding hydrogens is 594 g/mol. The van der Waals surface area contributed by atoms with Crippen LogP contribution < -0.4 is 10.5 Å². The molecule has 0 N–H and O–H groups in total. The maximum atomic E-state index is 13.9. The zero-order chi connectivity index (χ0) is 33.9. The SMILES string of the molecule is CC.CC.CC.O=C1c2ccc3c4ccc5c(=O)n6c7ccccc7nc6c6ccc(c7ccc(c2c37)C(=O)N1c1ccccc1)c4c56. The predicted molar refractivity (Wildman–Crippen MR) is 200 cm³/mol. The zero-order valence-electron chi connectivity index (χ0n) is 27.9. The van der Waals surface area contributed by atoms with Gasteiger partial charge in [-0.3, -0.25) is 18.8 Å². The summed E-state index contributed by atoms with van der Waals surface area (Å²) in [7, 11) is 0. The number of pyridine rings is 1. The zero-order valence-corrected chi connectivity index (χ0v) is 27.9. The number of imidazole rings is 1. The van der Waals surface area contributed by atoms with Crippen LogP contribution in [0.3, 0.4) is 0 Å². The smallest absolute Gasteiger partial charge is 0.265 e. The Labute approximate surface area is 277 Å². The number of carbonyl (C=O) groups is 2. The molecule has 0 saturated heterocycles. The molecule has 9 aromatic rings. The number of aromatic nitrogens is 2. The van der Waals surface area contributed by atoms with Crippen molar-refractivity contribution in [2.24, 2.45) is 0 Å². The van der Waals surface area contributed by atoms with Gasteiger partial charge < -0.3 is 0 Å². The van der Waals surface area contributed by atoms with Crippen LogP contribution in [-0.2, 0) is 0 Å². The Kier molecular flexibility index (Phi) is 7.52. The second-order valence-corrected chi connectivity index (χ2v) is 11.0. The van der Waals surface area contributed by atoms with Crippen LogP contribution in [0.4, 0.5) is 5.69 Å². The maximum absolute atomic E-state index is 13.9. The van der Waals surface area contributed by atoms with Crippen LogP contribution in [-0.4, -0.2) is 21.2 Å². The Morgan fingerprint density at radius 3 is 1.52 bits per heavy atom. The summed E-state index contributed by atoms with van der Waals surface area (Å²) >= 11 is 0. The molecule has 0 atom stereocenters. The molecule has 1 aliphatic heterocycles. The summed E-state index contributed by atoms with van der Waals surface area (Å²) < 4.78 is 1.71. The number of anilines is 1. The number of benzene rings is 7. The molecule has 2 aromatic heterocycles. The van der Waals surface area contributed by atoms with Gasteiger partial charge in [0.25, 0.3) is 17.4 Å². The van der Waals surface area contributed by atoms with E-state index in [4.69, 9.17) is 4.98 Å². The second kappa shape index (κ2) is 11.7. The molecular formula is C42H35N3O3. The van der Waals surface area contributed by atoms with Crippen LogP contribution in [0.1, 0.15) is 62.3 Å². The third-order valence-corrected chi connectivity index (χ3v) is 9.02. The van der Waals surface area contributed by atoms with Crippen molar-refractivity contribution in [2.45, 2.75) is 41.5 Å². The van der Waals surface area contributed by atoms with Crippen molar-refractivity contribution < 1.29 is 9.59 Å². The van der Waals surface area contributed by atoms with Gasteiger partial charge in [-0.1, -0.05) is 96.1 Å². The van der Waals surface area contributed by atoms with Gasteiger partial charge in [-0.25, -0.2) is 9.88 Å². The fourth-order valence-corrected chi connectivity index (χ4v) is 7.29. The normalized spacial score (nSPS) is 12.5. The van der Waals surface area contributed by atoms with E-state index in [-0.39, 0.29) is 17.4 Å². The number of nitrogens with zero attached hydrogens (tertiary/aromatic N) is 3. The van der Waals surface area contributed by atoms with E-state index in [2.05, 4.69) is 6.07 Å². The molecule has 7 aromatic carbocycles. The Morgan fingerprint density at radius 1 is 0.458 bits per heavy atom. The van der Waals surface area contributed by atoms with Crippen molar-refractivity contribution in [1.82, 2.24) is 9.38 Å². The summed E-state index contributed by atoms with van der Waals surface area (Å²) in [6.07, 6.45) is 0. The molecule has 1 aliphatic rings. The average molecular weight is 630 g/mol. The fraction of sp³-hybridized carbons (Fsp3) is 0.143. The quantitative estimate of drug-likeness (QED) is 0.103. The standard InChI is InChI=1S/C36H17N3O3.3C2H6/c40-34-25-16-12-21-19-10-14-23-31-24(36(42)39-28-9-5-4-8-27(28)37-33(23)39)15-11-20(29(19)31)22-13-17-26(32(25)30(21)22)35(41)38(34)18-6-2-1-3-7-18;3*1-2/h1-17H;3*1-2H3. The lowest BCUT2D eigenvalue weighted by Crippen LogP contribution is -2.40. The van der Waals surface area contributed by atoms with E-state index in [9.17, 15) is 14.4 Å². The lowest BCUT2D eigenvalue weighted by atomic mass is 9.84. The summed E-state index contributed by atoms with van der Waals surface area (Å²) in [4.78, 5) is 47.7. The Bertz CT molecular complexity index is 2680. The summed E-state index contributed by atoms with van der Waals surface area (Å²) in [5, 5.41) is 8.86. The first kappa shape index (κ1) is 30.8. The minimum Gasteiger partial charge on any atom is -0.268 e.